The Morgan fingerprint density at radius 1 is 0.615 bits per heavy atom. The molecule has 0 spiro atoms. The van der Waals surface area contributed by atoms with Crippen molar-refractivity contribution in [1.82, 2.24) is 0 Å². The van der Waals surface area contributed by atoms with E-state index in [9.17, 15) is 0 Å². The van der Waals surface area contributed by atoms with Crippen molar-refractivity contribution >= 4 is 21.5 Å². The number of hydrogen-bond acceptors (Lipinski definition) is 1. The van der Waals surface area contributed by atoms with Crippen LogP contribution in [0.5, 0.6) is 5.75 Å². The lowest BCUT2D eigenvalue weighted by atomic mass is 9.86. The van der Waals surface area contributed by atoms with E-state index in [1.165, 1.54) is 52.8 Å². The quantitative estimate of drug-likeness (QED) is 0.390. The fourth-order valence-corrected chi connectivity index (χ4v) is 4.26. The van der Waals surface area contributed by atoms with E-state index in [1.54, 1.807) is 11.1 Å². The monoisotopic (exact) mass is 338 g/mol. The van der Waals surface area contributed by atoms with E-state index in [4.69, 9.17) is 4.74 Å². The Morgan fingerprint density at radius 3 is 2.31 bits per heavy atom. The van der Waals surface area contributed by atoms with Crippen LogP contribution in [0.4, 0.5) is 0 Å². The van der Waals surface area contributed by atoms with E-state index in [0.29, 0.717) is 6.61 Å². The van der Waals surface area contributed by atoms with Crippen LogP contribution >= 0.6 is 0 Å². The van der Waals surface area contributed by atoms with Crippen LogP contribution in [0.25, 0.3) is 21.5 Å². The van der Waals surface area contributed by atoms with Gasteiger partial charge in [-0.05, 0) is 64.6 Å². The van der Waals surface area contributed by atoms with Gasteiger partial charge in [-0.3, -0.25) is 0 Å². The average molecular weight is 338 g/mol. The Hall–Kier alpha value is -2.80. The molecule has 128 valence electrons. The second kappa shape index (κ2) is 6.49. The first-order valence-corrected chi connectivity index (χ1v) is 9.53. The third kappa shape index (κ3) is 2.64. The van der Waals surface area contributed by atoms with Gasteiger partial charge in [-0.15, -0.1) is 0 Å². The van der Waals surface area contributed by atoms with Crippen LogP contribution in [0.2, 0.25) is 0 Å². The van der Waals surface area contributed by atoms with Crippen LogP contribution in [0.1, 0.15) is 29.5 Å². The second-order valence-corrected chi connectivity index (χ2v) is 7.20. The van der Waals surface area contributed by atoms with Crippen LogP contribution in [0.3, 0.4) is 0 Å². The second-order valence-electron chi connectivity index (χ2n) is 7.20. The lowest BCUT2D eigenvalue weighted by Crippen LogP contribution is -2.03. The molecule has 0 bridgehead atoms. The summed E-state index contributed by atoms with van der Waals surface area (Å²) >= 11 is 0. The van der Waals surface area contributed by atoms with E-state index in [0.717, 1.165) is 5.75 Å². The molecule has 0 unspecified atom stereocenters. The van der Waals surface area contributed by atoms with Crippen molar-refractivity contribution in [3.8, 4) is 5.75 Å². The fourth-order valence-electron chi connectivity index (χ4n) is 4.26. The summed E-state index contributed by atoms with van der Waals surface area (Å²) in [6, 6.07) is 26.0. The van der Waals surface area contributed by atoms with Crippen molar-refractivity contribution in [3.63, 3.8) is 0 Å². The maximum atomic E-state index is 6.17. The SMILES string of the molecule is c1ccc(COc2cccc3c2ccc2c4c(ccc23)CCCC4)cc1. The molecule has 1 heteroatoms. The zero-order chi connectivity index (χ0) is 17.3. The van der Waals surface area contributed by atoms with Crippen molar-refractivity contribution < 1.29 is 4.74 Å². The van der Waals surface area contributed by atoms with Crippen molar-refractivity contribution in [2.45, 2.75) is 32.3 Å². The predicted molar refractivity (Wildman–Crippen MR) is 109 cm³/mol. The Morgan fingerprint density at radius 2 is 1.38 bits per heavy atom. The summed E-state index contributed by atoms with van der Waals surface area (Å²) in [5.74, 6) is 0.964. The molecule has 1 aliphatic carbocycles. The van der Waals surface area contributed by atoms with Crippen LogP contribution in [-0.4, -0.2) is 0 Å². The predicted octanol–water partition coefficient (Wildman–Crippen LogP) is 6.45. The van der Waals surface area contributed by atoms with Crippen molar-refractivity contribution in [2.24, 2.45) is 0 Å². The van der Waals surface area contributed by atoms with Gasteiger partial charge in [0, 0.05) is 5.39 Å². The van der Waals surface area contributed by atoms with Crippen LogP contribution in [0.15, 0.2) is 72.8 Å². The molecular formula is C25H22O. The van der Waals surface area contributed by atoms with E-state index >= 15 is 0 Å². The standard InChI is InChI=1S/C25H22O/c1-2-7-18(8-3-1)17-26-25-12-6-11-21-23-14-13-19-9-4-5-10-20(19)22(23)15-16-24(21)25/h1-3,6-8,11-16H,4-5,9-10,17H2. The summed E-state index contributed by atoms with van der Waals surface area (Å²) in [5, 5.41) is 5.27. The van der Waals surface area contributed by atoms with Gasteiger partial charge in [-0.2, -0.15) is 0 Å². The smallest absolute Gasteiger partial charge is 0.127 e. The molecule has 5 rings (SSSR count). The minimum atomic E-state index is 0.599. The number of benzene rings is 4. The molecule has 0 aliphatic heterocycles. The van der Waals surface area contributed by atoms with Gasteiger partial charge in [0.2, 0.25) is 0 Å². The van der Waals surface area contributed by atoms with Gasteiger partial charge >= 0.3 is 0 Å². The van der Waals surface area contributed by atoms with E-state index in [1.807, 2.05) is 6.07 Å². The zero-order valence-electron chi connectivity index (χ0n) is 14.9. The van der Waals surface area contributed by atoms with Gasteiger partial charge < -0.3 is 4.74 Å². The highest BCUT2D eigenvalue weighted by molar-refractivity contribution is 6.10. The zero-order valence-corrected chi connectivity index (χ0v) is 14.9. The van der Waals surface area contributed by atoms with Gasteiger partial charge in [0.1, 0.15) is 12.4 Å². The molecule has 1 aliphatic rings. The lowest BCUT2D eigenvalue weighted by Gasteiger charge is -2.19. The Bertz CT molecular complexity index is 1080. The van der Waals surface area contributed by atoms with Gasteiger partial charge in [-0.25, -0.2) is 0 Å². The summed E-state index contributed by atoms with van der Waals surface area (Å²) in [5.41, 5.74) is 4.30. The molecule has 0 saturated carbocycles. The molecule has 4 aromatic carbocycles. The van der Waals surface area contributed by atoms with E-state index in [-0.39, 0.29) is 0 Å². The molecule has 0 fully saturated rings. The first kappa shape index (κ1) is 15.5. The van der Waals surface area contributed by atoms with Crippen LogP contribution in [-0.2, 0) is 19.4 Å². The number of hydrogen-bond donors (Lipinski definition) is 0. The normalized spacial score (nSPS) is 13.7. The molecule has 0 N–H and O–H groups in total. The average Bonchev–Trinajstić information content (AvgIpc) is 2.72. The summed E-state index contributed by atoms with van der Waals surface area (Å²) in [6.07, 6.45) is 5.07. The summed E-state index contributed by atoms with van der Waals surface area (Å²) < 4.78 is 6.17. The first-order valence-electron chi connectivity index (χ1n) is 9.53. The van der Waals surface area contributed by atoms with Crippen molar-refractivity contribution in [3.05, 3.63) is 89.5 Å². The lowest BCUT2D eigenvalue weighted by molar-refractivity contribution is 0.310. The Kier molecular flexibility index (Phi) is 3.86. The summed E-state index contributed by atoms with van der Waals surface area (Å²) in [7, 11) is 0. The number of fused-ring (bicyclic) bond motifs is 5. The van der Waals surface area contributed by atoms with Crippen LogP contribution < -0.4 is 4.74 Å². The molecule has 0 aromatic heterocycles. The van der Waals surface area contributed by atoms with Gasteiger partial charge in [0.15, 0.2) is 0 Å². The van der Waals surface area contributed by atoms with Gasteiger partial charge in [-0.1, -0.05) is 66.7 Å². The molecular weight excluding hydrogens is 316 g/mol. The molecule has 0 heterocycles. The minimum absolute atomic E-state index is 0.599. The minimum Gasteiger partial charge on any atom is -0.488 e. The molecule has 4 aromatic rings. The van der Waals surface area contributed by atoms with E-state index < -0.39 is 0 Å². The van der Waals surface area contributed by atoms with E-state index in [2.05, 4.69) is 66.7 Å². The van der Waals surface area contributed by atoms with Crippen LogP contribution in [0, 0.1) is 0 Å². The Balaban J connectivity index is 1.60. The third-order valence-electron chi connectivity index (χ3n) is 5.59. The maximum absolute atomic E-state index is 6.17. The molecule has 0 amide bonds. The van der Waals surface area contributed by atoms with Gasteiger partial charge in [0.25, 0.3) is 0 Å². The number of aryl methyl sites for hydroxylation is 2. The topological polar surface area (TPSA) is 9.23 Å². The third-order valence-corrected chi connectivity index (χ3v) is 5.59. The molecule has 0 saturated heterocycles. The fraction of sp³-hybridized carbons (Fsp3) is 0.200. The van der Waals surface area contributed by atoms with Gasteiger partial charge in [0.05, 0.1) is 0 Å². The molecule has 26 heavy (non-hydrogen) atoms. The molecule has 1 nitrogen and oxygen atoms in total. The molecule has 0 radical (unpaired) electrons. The maximum Gasteiger partial charge on any atom is 0.127 e. The number of ether oxygens (including phenoxy) is 1. The highest BCUT2D eigenvalue weighted by Crippen LogP contribution is 2.36. The van der Waals surface area contributed by atoms with Crippen molar-refractivity contribution in [1.29, 1.82) is 0 Å². The first-order chi connectivity index (χ1) is 12.9. The number of rotatable bonds is 3. The summed E-state index contributed by atoms with van der Waals surface area (Å²) in [4.78, 5) is 0. The highest BCUT2D eigenvalue weighted by Gasteiger charge is 2.14. The van der Waals surface area contributed by atoms with Crippen molar-refractivity contribution in [2.75, 3.05) is 0 Å². The largest absolute Gasteiger partial charge is 0.488 e. The Labute approximate surface area is 154 Å². The molecule has 0 atom stereocenters. The highest BCUT2D eigenvalue weighted by atomic mass is 16.5. The summed E-state index contributed by atoms with van der Waals surface area (Å²) in [6.45, 7) is 0.599.